The Morgan fingerprint density at radius 3 is 2.88 bits per heavy atom. The Labute approximate surface area is 193 Å². The summed E-state index contributed by atoms with van der Waals surface area (Å²) in [5.74, 6) is 0.0141. The Balaban J connectivity index is 1.77. The Morgan fingerprint density at radius 2 is 2.24 bits per heavy atom. The van der Waals surface area contributed by atoms with Crippen LogP contribution in [-0.2, 0) is 11.8 Å². The second kappa shape index (κ2) is 9.14. The minimum absolute atomic E-state index is 0.0607. The van der Waals surface area contributed by atoms with E-state index in [9.17, 15) is 4.79 Å². The number of carbonyl (C=O) groups excluding carboxylic acids is 1. The number of nitrogens with zero attached hydrogens (tertiary/aromatic N) is 6. The van der Waals surface area contributed by atoms with Crippen LogP contribution in [0, 0.1) is 5.82 Å². The second-order valence-electron chi connectivity index (χ2n) is 7.59. The maximum Gasteiger partial charge on any atom is 0.220 e. The molecule has 1 fully saturated rings. The van der Waals surface area contributed by atoms with Gasteiger partial charge in [-0.25, -0.2) is 14.4 Å². The molecule has 4 N–H and O–H groups in total. The van der Waals surface area contributed by atoms with Gasteiger partial charge in [0.1, 0.15) is 35.1 Å². The maximum absolute atomic E-state index is 15.1. The zero-order chi connectivity index (χ0) is 23.7. The normalized spacial score (nSPS) is 16.5. The SMILES string of the molecule is CCOc1c(C(C)Nc2ncnc(N)c2-c2nnn(C)n2)cc(Cl)c(F)c1[C@@H]1CNC(=O)C1. The lowest BCUT2D eigenvalue weighted by atomic mass is 9.92. The smallest absolute Gasteiger partial charge is 0.220 e. The summed E-state index contributed by atoms with van der Waals surface area (Å²) >= 11 is 6.27. The number of hydrogen-bond donors (Lipinski definition) is 3. The molecule has 1 aliphatic rings. The van der Waals surface area contributed by atoms with Crippen LogP contribution < -0.4 is 21.1 Å². The summed E-state index contributed by atoms with van der Waals surface area (Å²) in [7, 11) is 1.63. The van der Waals surface area contributed by atoms with Gasteiger partial charge in [0.25, 0.3) is 0 Å². The highest BCUT2D eigenvalue weighted by atomic mass is 35.5. The fourth-order valence-electron chi connectivity index (χ4n) is 3.85. The molecule has 1 unspecified atom stereocenters. The van der Waals surface area contributed by atoms with Crippen molar-refractivity contribution in [3.8, 4) is 17.1 Å². The number of ether oxygens (including phenoxy) is 1. The van der Waals surface area contributed by atoms with Crippen LogP contribution in [0.5, 0.6) is 5.75 Å². The van der Waals surface area contributed by atoms with Gasteiger partial charge in [-0.1, -0.05) is 11.6 Å². The molecule has 13 heteroatoms. The molecule has 11 nitrogen and oxygen atoms in total. The Hall–Kier alpha value is -3.54. The maximum atomic E-state index is 15.1. The first-order valence-corrected chi connectivity index (χ1v) is 10.7. The van der Waals surface area contributed by atoms with Crippen LogP contribution in [0.1, 0.15) is 43.4 Å². The van der Waals surface area contributed by atoms with Crippen molar-refractivity contribution >= 4 is 29.1 Å². The van der Waals surface area contributed by atoms with E-state index < -0.39 is 17.8 Å². The van der Waals surface area contributed by atoms with E-state index in [0.717, 1.165) is 0 Å². The predicted molar refractivity (Wildman–Crippen MR) is 119 cm³/mol. The average Bonchev–Trinajstić information content (AvgIpc) is 3.39. The predicted octanol–water partition coefficient (Wildman–Crippen LogP) is 2.22. The van der Waals surface area contributed by atoms with Gasteiger partial charge in [0.05, 0.1) is 24.7 Å². The highest BCUT2D eigenvalue weighted by Crippen LogP contribution is 2.42. The Kier molecular flexibility index (Phi) is 6.27. The van der Waals surface area contributed by atoms with Crippen molar-refractivity contribution in [2.45, 2.75) is 32.2 Å². The first-order valence-electron chi connectivity index (χ1n) is 10.3. The number of aromatic nitrogens is 6. The number of carbonyl (C=O) groups is 1. The van der Waals surface area contributed by atoms with Crippen molar-refractivity contribution in [1.82, 2.24) is 35.5 Å². The first kappa shape index (κ1) is 22.6. The zero-order valence-electron chi connectivity index (χ0n) is 18.3. The highest BCUT2D eigenvalue weighted by molar-refractivity contribution is 6.31. The van der Waals surface area contributed by atoms with Gasteiger partial charge in [-0.05, 0) is 25.1 Å². The molecule has 1 aromatic carbocycles. The van der Waals surface area contributed by atoms with Gasteiger partial charge < -0.3 is 21.1 Å². The summed E-state index contributed by atoms with van der Waals surface area (Å²) < 4.78 is 21.0. The molecule has 4 rings (SSSR count). The van der Waals surface area contributed by atoms with Crippen molar-refractivity contribution < 1.29 is 13.9 Å². The van der Waals surface area contributed by atoms with E-state index in [1.165, 1.54) is 17.2 Å². The van der Waals surface area contributed by atoms with Crippen LogP contribution >= 0.6 is 11.6 Å². The summed E-state index contributed by atoms with van der Waals surface area (Å²) in [6, 6.07) is 1.07. The van der Waals surface area contributed by atoms with Gasteiger partial charge in [-0.2, -0.15) is 4.80 Å². The number of nitrogens with two attached hydrogens (primary N) is 1. The molecule has 3 heterocycles. The third-order valence-electron chi connectivity index (χ3n) is 5.34. The first-order chi connectivity index (χ1) is 15.8. The van der Waals surface area contributed by atoms with Crippen LogP contribution in [0.15, 0.2) is 12.4 Å². The quantitative estimate of drug-likeness (QED) is 0.468. The van der Waals surface area contributed by atoms with E-state index in [1.54, 1.807) is 14.0 Å². The molecular weight excluding hydrogens is 453 g/mol. The molecule has 1 saturated heterocycles. The number of benzene rings is 1. The fourth-order valence-corrected chi connectivity index (χ4v) is 4.07. The molecule has 0 spiro atoms. The molecular formula is C20H23ClFN9O2. The highest BCUT2D eigenvalue weighted by Gasteiger charge is 2.32. The number of aryl methyl sites for hydroxylation is 1. The van der Waals surface area contributed by atoms with Crippen molar-refractivity contribution in [3.05, 3.63) is 34.4 Å². The average molecular weight is 476 g/mol. The molecule has 174 valence electrons. The lowest BCUT2D eigenvalue weighted by Gasteiger charge is -2.24. The molecule has 1 aliphatic heterocycles. The third-order valence-corrected chi connectivity index (χ3v) is 5.61. The van der Waals surface area contributed by atoms with Gasteiger partial charge in [0, 0.05) is 30.0 Å². The van der Waals surface area contributed by atoms with Crippen molar-refractivity contribution in [2.24, 2.45) is 7.05 Å². The number of anilines is 2. The number of amides is 1. The van der Waals surface area contributed by atoms with E-state index in [0.29, 0.717) is 35.8 Å². The molecule has 0 saturated carbocycles. The summed E-state index contributed by atoms with van der Waals surface area (Å²) in [5.41, 5.74) is 7.35. The van der Waals surface area contributed by atoms with E-state index >= 15 is 4.39 Å². The van der Waals surface area contributed by atoms with E-state index in [1.807, 2.05) is 6.92 Å². The van der Waals surface area contributed by atoms with Gasteiger partial charge in [-0.3, -0.25) is 4.79 Å². The summed E-state index contributed by atoms with van der Waals surface area (Å²) in [4.78, 5) is 21.4. The van der Waals surface area contributed by atoms with Crippen molar-refractivity contribution in [1.29, 1.82) is 0 Å². The van der Waals surface area contributed by atoms with Crippen LogP contribution in [0.4, 0.5) is 16.0 Å². The van der Waals surface area contributed by atoms with E-state index in [2.05, 4.69) is 36.0 Å². The van der Waals surface area contributed by atoms with Gasteiger partial charge in [0.15, 0.2) is 0 Å². The Morgan fingerprint density at radius 1 is 1.45 bits per heavy atom. The number of nitrogens with one attached hydrogen (secondary N) is 2. The number of tetrazole rings is 1. The lowest BCUT2D eigenvalue weighted by Crippen LogP contribution is -2.17. The van der Waals surface area contributed by atoms with Gasteiger partial charge >= 0.3 is 0 Å². The van der Waals surface area contributed by atoms with Crippen molar-refractivity contribution in [2.75, 3.05) is 24.2 Å². The van der Waals surface area contributed by atoms with Crippen LogP contribution in [0.3, 0.4) is 0 Å². The molecule has 1 amide bonds. The minimum Gasteiger partial charge on any atom is -0.493 e. The topological polar surface area (TPSA) is 146 Å². The molecule has 0 aliphatic carbocycles. The van der Waals surface area contributed by atoms with Gasteiger partial charge in [0.2, 0.25) is 11.7 Å². The monoisotopic (exact) mass is 475 g/mol. The molecule has 0 radical (unpaired) electrons. The largest absolute Gasteiger partial charge is 0.493 e. The fraction of sp³-hybridized carbons (Fsp3) is 0.400. The Bertz CT molecular complexity index is 1200. The second-order valence-corrected chi connectivity index (χ2v) is 8.00. The molecule has 0 bridgehead atoms. The molecule has 3 aromatic rings. The summed E-state index contributed by atoms with van der Waals surface area (Å²) in [6.45, 7) is 4.26. The summed E-state index contributed by atoms with van der Waals surface area (Å²) in [5, 5.41) is 18.0. The van der Waals surface area contributed by atoms with Crippen LogP contribution in [0.2, 0.25) is 5.02 Å². The summed E-state index contributed by atoms with van der Waals surface area (Å²) in [6.07, 6.45) is 1.47. The number of nitrogen functional groups attached to an aromatic ring is 1. The number of halogens is 2. The standard InChI is InChI=1S/C20H23ClFN9O2/c1-4-33-17-11(6-12(21)16(22)14(17)10-5-13(32)24-7-10)9(2)27-19-15(18(23)25-8-26-19)20-28-30-31(3)29-20/h6,8-10H,4-5,7H2,1-3H3,(H,24,32)(H3,23,25,26,27)/t9?,10-/m0/s1. The molecule has 2 atom stereocenters. The zero-order valence-corrected chi connectivity index (χ0v) is 19.0. The lowest BCUT2D eigenvalue weighted by molar-refractivity contribution is -0.119. The molecule has 2 aromatic heterocycles. The number of rotatable bonds is 7. The third kappa shape index (κ3) is 4.38. The minimum atomic E-state index is -0.590. The van der Waals surface area contributed by atoms with Crippen LogP contribution in [-0.4, -0.2) is 49.2 Å². The van der Waals surface area contributed by atoms with E-state index in [4.69, 9.17) is 22.1 Å². The van der Waals surface area contributed by atoms with E-state index in [-0.39, 0.29) is 34.6 Å². The van der Waals surface area contributed by atoms with Crippen molar-refractivity contribution in [3.63, 3.8) is 0 Å². The van der Waals surface area contributed by atoms with Crippen LogP contribution in [0.25, 0.3) is 11.4 Å². The molecule has 33 heavy (non-hydrogen) atoms. The van der Waals surface area contributed by atoms with Gasteiger partial charge in [-0.15, -0.1) is 10.2 Å². The number of hydrogen-bond acceptors (Lipinski definition) is 9.